The Bertz CT molecular complexity index is 980. The number of para-hydroxylation sites is 1. The number of hydrogen-bond donors (Lipinski definition) is 2. The summed E-state index contributed by atoms with van der Waals surface area (Å²) in [5.74, 6) is 0.303. The zero-order valence-corrected chi connectivity index (χ0v) is 16.5. The zero-order chi connectivity index (χ0) is 19.5. The minimum Gasteiger partial charge on any atom is -0.508 e. The second kappa shape index (κ2) is 8.17. The fourth-order valence-electron chi connectivity index (χ4n) is 3.61. The lowest BCUT2D eigenvalue weighted by atomic mass is 9.93. The van der Waals surface area contributed by atoms with Crippen molar-refractivity contribution < 1.29 is 5.11 Å². The fourth-order valence-corrected chi connectivity index (χ4v) is 3.74. The van der Waals surface area contributed by atoms with Gasteiger partial charge in [0.2, 0.25) is 0 Å². The van der Waals surface area contributed by atoms with Crippen LogP contribution in [0.25, 0.3) is 0 Å². The van der Waals surface area contributed by atoms with E-state index in [1.807, 2.05) is 42.5 Å². The van der Waals surface area contributed by atoms with E-state index >= 15 is 0 Å². The van der Waals surface area contributed by atoms with E-state index in [9.17, 15) is 5.11 Å². The van der Waals surface area contributed by atoms with Gasteiger partial charge in [0.25, 0.3) is 0 Å². The number of benzene rings is 3. The predicted molar refractivity (Wildman–Crippen MR) is 115 cm³/mol. The molecule has 0 fully saturated rings. The molecule has 0 saturated carbocycles. The molecule has 1 aliphatic heterocycles. The number of nitrogens with zero attached hydrogens (tertiary/aromatic N) is 1. The van der Waals surface area contributed by atoms with Crippen LogP contribution in [0.4, 0.5) is 0 Å². The van der Waals surface area contributed by atoms with E-state index < -0.39 is 0 Å². The summed E-state index contributed by atoms with van der Waals surface area (Å²) >= 11 is 6.06. The van der Waals surface area contributed by atoms with Crippen molar-refractivity contribution in [2.24, 2.45) is 4.99 Å². The van der Waals surface area contributed by atoms with Crippen LogP contribution in [0.1, 0.15) is 47.8 Å². The molecule has 0 unspecified atom stereocenters. The van der Waals surface area contributed by atoms with E-state index in [-0.39, 0.29) is 12.2 Å². The number of aromatic hydroxyl groups is 1. The SMILES string of the molecule is CCc1ccc(C2=N[C@H](c3ccc(Cl)cc3)N[C@@H](c3ccccc3O)C2)cc1. The number of phenols is 1. The highest BCUT2D eigenvalue weighted by Crippen LogP contribution is 2.34. The average molecular weight is 391 g/mol. The van der Waals surface area contributed by atoms with Crippen LogP contribution in [0.15, 0.2) is 77.8 Å². The van der Waals surface area contributed by atoms with E-state index in [2.05, 4.69) is 36.5 Å². The first-order chi connectivity index (χ1) is 13.6. The van der Waals surface area contributed by atoms with Crippen molar-refractivity contribution in [3.05, 3.63) is 100 Å². The largest absolute Gasteiger partial charge is 0.508 e. The first-order valence-electron chi connectivity index (χ1n) is 9.59. The maximum atomic E-state index is 10.4. The van der Waals surface area contributed by atoms with Gasteiger partial charge in [-0.05, 0) is 41.3 Å². The van der Waals surface area contributed by atoms with Gasteiger partial charge in [-0.2, -0.15) is 0 Å². The molecule has 3 nitrogen and oxygen atoms in total. The molecule has 0 saturated heterocycles. The van der Waals surface area contributed by atoms with Crippen LogP contribution in [0.3, 0.4) is 0 Å². The van der Waals surface area contributed by atoms with Crippen LogP contribution < -0.4 is 5.32 Å². The lowest BCUT2D eigenvalue weighted by Crippen LogP contribution is -2.33. The quantitative estimate of drug-likeness (QED) is 0.588. The smallest absolute Gasteiger partial charge is 0.126 e. The number of hydrogen-bond acceptors (Lipinski definition) is 3. The molecule has 0 amide bonds. The molecule has 4 heteroatoms. The van der Waals surface area contributed by atoms with E-state index in [1.54, 1.807) is 6.07 Å². The summed E-state index contributed by atoms with van der Waals surface area (Å²) in [4.78, 5) is 4.99. The van der Waals surface area contributed by atoms with E-state index in [1.165, 1.54) is 5.56 Å². The molecular weight excluding hydrogens is 368 g/mol. The number of aryl methyl sites for hydroxylation is 1. The van der Waals surface area contributed by atoms with Gasteiger partial charge in [-0.1, -0.05) is 73.1 Å². The summed E-state index contributed by atoms with van der Waals surface area (Å²) in [7, 11) is 0. The van der Waals surface area contributed by atoms with Crippen molar-refractivity contribution in [3.63, 3.8) is 0 Å². The summed E-state index contributed by atoms with van der Waals surface area (Å²) < 4.78 is 0. The Kier molecular flexibility index (Phi) is 5.47. The number of nitrogens with one attached hydrogen (secondary N) is 1. The highest BCUT2D eigenvalue weighted by Gasteiger charge is 2.27. The topological polar surface area (TPSA) is 44.6 Å². The summed E-state index contributed by atoms with van der Waals surface area (Å²) in [6.45, 7) is 2.15. The van der Waals surface area contributed by atoms with Gasteiger partial charge in [0.05, 0.1) is 0 Å². The maximum absolute atomic E-state index is 10.4. The number of halogens is 1. The third-order valence-electron chi connectivity index (χ3n) is 5.23. The second-order valence-corrected chi connectivity index (χ2v) is 7.50. The Balaban J connectivity index is 1.73. The predicted octanol–water partition coefficient (Wildman–Crippen LogP) is 5.83. The standard InChI is InChI=1S/C24H23ClN2O/c1-2-16-7-9-17(10-8-16)21-15-22(20-5-3-4-6-23(20)28)27-24(26-21)18-11-13-19(25)14-12-18/h3-14,22,24,27-28H,2,15H2,1H3/t22-,24+/m1/s1. The second-order valence-electron chi connectivity index (χ2n) is 7.06. The third-order valence-corrected chi connectivity index (χ3v) is 5.49. The Morgan fingerprint density at radius 3 is 2.39 bits per heavy atom. The van der Waals surface area contributed by atoms with Crippen molar-refractivity contribution in [1.82, 2.24) is 5.32 Å². The molecule has 0 aromatic heterocycles. The van der Waals surface area contributed by atoms with Crippen molar-refractivity contribution in [1.29, 1.82) is 0 Å². The van der Waals surface area contributed by atoms with Crippen LogP contribution in [0.2, 0.25) is 5.02 Å². The van der Waals surface area contributed by atoms with Gasteiger partial charge in [0.1, 0.15) is 11.9 Å². The van der Waals surface area contributed by atoms with Crippen LogP contribution in [0, 0.1) is 0 Å². The zero-order valence-electron chi connectivity index (χ0n) is 15.8. The lowest BCUT2D eigenvalue weighted by molar-refractivity contribution is 0.413. The van der Waals surface area contributed by atoms with Crippen molar-refractivity contribution in [2.45, 2.75) is 32.0 Å². The summed E-state index contributed by atoms with van der Waals surface area (Å²) in [6, 6.07) is 23.8. The van der Waals surface area contributed by atoms with Gasteiger partial charge in [0, 0.05) is 28.8 Å². The molecule has 142 valence electrons. The van der Waals surface area contributed by atoms with Gasteiger partial charge < -0.3 is 5.11 Å². The molecule has 0 aliphatic carbocycles. The van der Waals surface area contributed by atoms with Crippen LogP contribution in [-0.4, -0.2) is 10.8 Å². The summed E-state index contributed by atoms with van der Waals surface area (Å²) in [6.07, 6.45) is 1.53. The Hall–Kier alpha value is -2.62. The van der Waals surface area contributed by atoms with Crippen LogP contribution in [-0.2, 0) is 6.42 Å². The molecule has 1 heterocycles. The molecule has 2 atom stereocenters. The molecule has 0 bridgehead atoms. The minimum atomic E-state index is -0.198. The van der Waals surface area contributed by atoms with E-state index in [0.717, 1.165) is 28.8 Å². The normalized spacial score (nSPS) is 19.3. The minimum absolute atomic E-state index is 0.0276. The van der Waals surface area contributed by atoms with E-state index in [4.69, 9.17) is 16.6 Å². The van der Waals surface area contributed by atoms with Crippen LogP contribution >= 0.6 is 11.6 Å². The van der Waals surface area contributed by atoms with Crippen molar-refractivity contribution in [3.8, 4) is 5.75 Å². The van der Waals surface area contributed by atoms with Gasteiger partial charge in [0.15, 0.2) is 0 Å². The Morgan fingerprint density at radius 1 is 1.00 bits per heavy atom. The molecule has 4 rings (SSSR count). The highest BCUT2D eigenvalue weighted by molar-refractivity contribution is 6.30. The number of phenolic OH excluding ortho intramolecular Hbond substituents is 1. The molecule has 0 radical (unpaired) electrons. The van der Waals surface area contributed by atoms with Gasteiger partial charge in [-0.25, -0.2) is 0 Å². The van der Waals surface area contributed by atoms with Gasteiger partial charge >= 0.3 is 0 Å². The van der Waals surface area contributed by atoms with Crippen molar-refractivity contribution >= 4 is 17.3 Å². The Labute approximate surface area is 170 Å². The molecule has 2 N–H and O–H groups in total. The molecule has 28 heavy (non-hydrogen) atoms. The molecule has 1 aliphatic rings. The maximum Gasteiger partial charge on any atom is 0.126 e. The van der Waals surface area contributed by atoms with Gasteiger partial charge in [-0.3, -0.25) is 10.3 Å². The monoisotopic (exact) mass is 390 g/mol. The molecular formula is C24H23ClN2O. The molecule has 3 aromatic carbocycles. The first-order valence-corrected chi connectivity index (χ1v) is 9.97. The summed E-state index contributed by atoms with van der Waals surface area (Å²) in [5.41, 5.74) is 5.41. The van der Waals surface area contributed by atoms with E-state index in [0.29, 0.717) is 17.2 Å². The Morgan fingerprint density at radius 2 is 1.71 bits per heavy atom. The van der Waals surface area contributed by atoms with Gasteiger partial charge in [-0.15, -0.1) is 0 Å². The molecule has 3 aromatic rings. The average Bonchev–Trinajstić information content (AvgIpc) is 2.74. The first kappa shape index (κ1) is 18.7. The lowest BCUT2D eigenvalue weighted by Gasteiger charge is -2.31. The third kappa shape index (κ3) is 3.96. The van der Waals surface area contributed by atoms with Crippen LogP contribution in [0.5, 0.6) is 5.75 Å². The fraction of sp³-hybridized carbons (Fsp3) is 0.208. The highest BCUT2D eigenvalue weighted by atomic mass is 35.5. The van der Waals surface area contributed by atoms with Crippen molar-refractivity contribution in [2.75, 3.05) is 0 Å². The summed E-state index contributed by atoms with van der Waals surface area (Å²) in [5, 5.41) is 14.7. The number of rotatable bonds is 4. The number of aliphatic imine (C=N–C) groups is 1. The molecule has 0 spiro atoms.